The Morgan fingerprint density at radius 2 is 2.03 bits per heavy atom. The zero-order valence-corrected chi connectivity index (χ0v) is 18.2. The predicted molar refractivity (Wildman–Crippen MR) is 110 cm³/mol. The third-order valence-electron chi connectivity index (χ3n) is 6.33. The Labute approximate surface area is 187 Å². The highest BCUT2D eigenvalue weighted by atomic mass is 19.4. The quantitative estimate of drug-likeness (QED) is 0.569. The molecule has 174 valence electrons. The summed E-state index contributed by atoms with van der Waals surface area (Å²) < 4.78 is 51.6. The summed E-state index contributed by atoms with van der Waals surface area (Å²) in [6.45, 7) is 5.42. The molecule has 2 aliphatic heterocycles. The minimum atomic E-state index is -4.61. The molecule has 2 amide bonds. The van der Waals surface area contributed by atoms with Crippen LogP contribution in [0.3, 0.4) is 0 Å². The Morgan fingerprint density at radius 3 is 2.67 bits per heavy atom. The Balaban J connectivity index is 1.46. The number of urea groups is 1. The predicted octanol–water partition coefficient (Wildman–Crippen LogP) is 5.29. The van der Waals surface area contributed by atoms with Crippen molar-refractivity contribution >= 4 is 11.7 Å². The minimum absolute atomic E-state index is 0.00994. The van der Waals surface area contributed by atoms with Gasteiger partial charge in [-0.3, -0.25) is 0 Å². The standard InChI is InChI=1S/C22H22F3N5O3/c1-11-6-15-9-21(8-11,19-29-28-13(3)33-19)30(15)20(31)27-14-4-5-17(22(23,24)25)16(7-14)18-26-12(2)10-32-18/h4-5,7,10-11,15H,6,8-9H2,1-3H3,(H,27,31)/t11-,15+,21-/m0/s1. The van der Waals surface area contributed by atoms with Gasteiger partial charge < -0.3 is 19.1 Å². The number of anilines is 1. The van der Waals surface area contributed by atoms with Gasteiger partial charge in [-0.2, -0.15) is 13.2 Å². The second-order valence-electron chi connectivity index (χ2n) is 8.91. The lowest BCUT2D eigenvalue weighted by atomic mass is 9.64. The first kappa shape index (κ1) is 21.5. The molecule has 4 heterocycles. The number of rotatable bonds is 3. The average molecular weight is 461 g/mol. The van der Waals surface area contributed by atoms with E-state index in [2.05, 4.69) is 27.4 Å². The van der Waals surface area contributed by atoms with E-state index >= 15 is 0 Å². The second-order valence-corrected chi connectivity index (χ2v) is 8.91. The van der Waals surface area contributed by atoms with Crippen LogP contribution in [0.5, 0.6) is 0 Å². The van der Waals surface area contributed by atoms with E-state index in [4.69, 9.17) is 8.83 Å². The number of carbonyl (C=O) groups is 1. The fourth-order valence-electron chi connectivity index (χ4n) is 5.14. The molecule has 2 aliphatic rings. The number of benzene rings is 1. The number of nitrogens with one attached hydrogen (secondary N) is 1. The van der Waals surface area contributed by atoms with Crippen molar-refractivity contribution in [2.45, 2.75) is 57.8 Å². The van der Waals surface area contributed by atoms with E-state index in [-0.39, 0.29) is 23.2 Å². The van der Waals surface area contributed by atoms with Crippen LogP contribution in [0.25, 0.3) is 11.5 Å². The first-order valence-electron chi connectivity index (χ1n) is 10.6. The summed E-state index contributed by atoms with van der Waals surface area (Å²) in [7, 11) is 0. The molecule has 0 spiro atoms. The van der Waals surface area contributed by atoms with Crippen LogP contribution < -0.4 is 5.32 Å². The molecule has 0 aliphatic carbocycles. The number of piperidine rings is 1. The minimum Gasteiger partial charge on any atom is -0.444 e. The van der Waals surface area contributed by atoms with Gasteiger partial charge in [-0.1, -0.05) is 6.92 Å². The van der Waals surface area contributed by atoms with Gasteiger partial charge in [-0.15, -0.1) is 10.2 Å². The number of oxazole rings is 1. The number of hydrogen-bond donors (Lipinski definition) is 1. The van der Waals surface area contributed by atoms with E-state index in [1.807, 2.05) is 0 Å². The van der Waals surface area contributed by atoms with Crippen LogP contribution in [-0.2, 0) is 11.7 Å². The largest absolute Gasteiger partial charge is 0.444 e. The summed E-state index contributed by atoms with van der Waals surface area (Å²) in [5.74, 6) is 1.01. The molecule has 2 fully saturated rings. The van der Waals surface area contributed by atoms with Crippen molar-refractivity contribution in [3.8, 4) is 11.5 Å². The maximum absolute atomic E-state index is 13.6. The van der Waals surface area contributed by atoms with Gasteiger partial charge in [0.1, 0.15) is 11.8 Å². The molecule has 0 unspecified atom stereocenters. The van der Waals surface area contributed by atoms with E-state index in [1.54, 1.807) is 18.7 Å². The van der Waals surface area contributed by atoms with Gasteiger partial charge in [0.25, 0.3) is 0 Å². The molecular formula is C22H22F3N5O3. The third-order valence-corrected chi connectivity index (χ3v) is 6.33. The first-order valence-corrected chi connectivity index (χ1v) is 10.6. The second kappa shape index (κ2) is 7.32. The van der Waals surface area contributed by atoms with Gasteiger partial charge in [0, 0.05) is 25.1 Å². The highest BCUT2D eigenvalue weighted by Gasteiger charge is 2.62. The highest BCUT2D eigenvalue weighted by molar-refractivity contribution is 5.92. The van der Waals surface area contributed by atoms with E-state index in [0.717, 1.165) is 12.5 Å². The van der Waals surface area contributed by atoms with Gasteiger partial charge in [0.05, 0.1) is 16.8 Å². The van der Waals surface area contributed by atoms with Crippen molar-refractivity contribution in [1.29, 1.82) is 0 Å². The molecule has 2 aromatic heterocycles. The van der Waals surface area contributed by atoms with Crippen molar-refractivity contribution in [2.75, 3.05) is 5.32 Å². The normalized spacial score (nSPS) is 24.5. The van der Waals surface area contributed by atoms with E-state index < -0.39 is 23.3 Å². The van der Waals surface area contributed by atoms with Crippen LogP contribution in [-0.4, -0.2) is 32.2 Å². The maximum Gasteiger partial charge on any atom is 0.417 e. The Hall–Kier alpha value is -3.37. The summed E-state index contributed by atoms with van der Waals surface area (Å²) in [6, 6.07) is 2.93. The Morgan fingerprint density at radius 1 is 1.24 bits per heavy atom. The Bertz CT molecular complexity index is 1220. The van der Waals surface area contributed by atoms with Gasteiger partial charge in [0.15, 0.2) is 0 Å². The van der Waals surface area contributed by atoms with Crippen LogP contribution >= 0.6 is 0 Å². The van der Waals surface area contributed by atoms with Crippen LogP contribution in [0.4, 0.5) is 23.7 Å². The third kappa shape index (κ3) is 3.55. The van der Waals surface area contributed by atoms with E-state index in [1.165, 1.54) is 18.4 Å². The summed E-state index contributed by atoms with van der Waals surface area (Å²) in [5.41, 5.74) is -1.19. The van der Waals surface area contributed by atoms with Crippen molar-refractivity contribution in [2.24, 2.45) is 5.92 Å². The fourth-order valence-corrected chi connectivity index (χ4v) is 5.14. The lowest BCUT2D eigenvalue weighted by Crippen LogP contribution is -2.70. The maximum atomic E-state index is 13.6. The molecule has 1 N–H and O–H groups in total. The molecule has 33 heavy (non-hydrogen) atoms. The lowest BCUT2D eigenvalue weighted by Gasteiger charge is -2.61. The number of nitrogens with zero attached hydrogens (tertiary/aromatic N) is 4. The first-order chi connectivity index (χ1) is 15.6. The van der Waals surface area contributed by atoms with Crippen LogP contribution in [0.2, 0.25) is 0 Å². The summed E-state index contributed by atoms with van der Waals surface area (Å²) in [4.78, 5) is 19.0. The lowest BCUT2D eigenvalue weighted by molar-refractivity contribution is -0.137. The number of aryl methyl sites for hydroxylation is 2. The summed E-state index contributed by atoms with van der Waals surface area (Å²) >= 11 is 0. The van der Waals surface area contributed by atoms with Gasteiger partial charge in [-0.05, 0) is 43.9 Å². The molecule has 11 heteroatoms. The van der Waals surface area contributed by atoms with Crippen molar-refractivity contribution in [3.05, 3.63) is 47.5 Å². The smallest absolute Gasteiger partial charge is 0.417 e. The number of alkyl halides is 3. The van der Waals surface area contributed by atoms with Crippen molar-refractivity contribution in [1.82, 2.24) is 20.1 Å². The van der Waals surface area contributed by atoms with Crippen LogP contribution in [0.1, 0.15) is 49.2 Å². The fraction of sp³-hybridized carbons (Fsp3) is 0.455. The zero-order valence-electron chi connectivity index (χ0n) is 18.2. The van der Waals surface area contributed by atoms with Gasteiger partial charge >= 0.3 is 12.2 Å². The molecule has 3 aromatic rings. The summed E-state index contributed by atoms with van der Waals surface area (Å²) in [6.07, 6.45) is -1.12. The SMILES string of the molecule is Cc1coc(-c2cc(NC(=O)N3[C@@H]4C[C@H](C)C[C@@]3(c3nnc(C)o3)C4)ccc2C(F)(F)F)n1. The van der Waals surface area contributed by atoms with Gasteiger partial charge in [0.2, 0.25) is 17.7 Å². The number of fused-ring (bicyclic) bond motifs is 2. The molecule has 0 radical (unpaired) electrons. The number of aromatic nitrogens is 3. The van der Waals surface area contributed by atoms with Crippen LogP contribution in [0, 0.1) is 19.8 Å². The van der Waals surface area contributed by atoms with Crippen molar-refractivity contribution in [3.63, 3.8) is 0 Å². The number of carbonyl (C=O) groups excluding carboxylic acids is 1. The number of hydrogen-bond acceptors (Lipinski definition) is 6. The van der Waals surface area contributed by atoms with Gasteiger partial charge in [-0.25, -0.2) is 9.78 Å². The average Bonchev–Trinajstić information content (AvgIpc) is 3.35. The molecule has 1 aromatic carbocycles. The van der Waals surface area contributed by atoms with Crippen LogP contribution in [0.15, 0.2) is 33.3 Å². The molecular weight excluding hydrogens is 439 g/mol. The molecule has 2 saturated heterocycles. The highest BCUT2D eigenvalue weighted by Crippen LogP contribution is 2.55. The monoisotopic (exact) mass is 461 g/mol. The van der Waals surface area contributed by atoms with E-state index in [0.29, 0.717) is 36.2 Å². The summed E-state index contributed by atoms with van der Waals surface area (Å²) in [5, 5.41) is 10.8. The number of amides is 2. The zero-order chi connectivity index (χ0) is 23.5. The number of halogens is 3. The molecule has 2 bridgehead atoms. The van der Waals surface area contributed by atoms with Crippen molar-refractivity contribution < 1.29 is 26.8 Å². The van der Waals surface area contributed by atoms with E-state index in [9.17, 15) is 18.0 Å². The molecule has 5 rings (SSSR count). The molecule has 0 saturated carbocycles. The Kier molecular flexibility index (Phi) is 4.77. The topological polar surface area (TPSA) is 97.3 Å². The molecule has 8 nitrogen and oxygen atoms in total. The molecule has 3 atom stereocenters.